The molecule has 0 fully saturated rings. The number of amides is 1. The van der Waals surface area contributed by atoms with Gasteiger partial charge in [0, 0.05) is 17.1 Å². The molecule has 0 unspecified atom stereocenters. The van der Waals surface area contributed by atoms with Gasteiger partial charge in [-0.3, -0.25) is 4.79 Å². The number of carbonyl (C=O) groups excluding carboxylic acids is 1. The summed E-state index contributed by atoms with van der Waals surface area (Å²) in [5.74, 6) is 1.22. The summed E-state index contributed by atoms with van der Waals surface area (Å²) in [6.07, 6.45) is 0.309. The second kappa shape index (κ2) is 7.71. The summed E-state index contributed by atoms with van der Waals surface area (Å²) in [4.78, 5) is 12.0. The smallest absolute Gasteiger partial charge is 0.224 e. The summed E-state index contributed by atoms with van der Waals surface area (Å²) in [6, 6.07) is 12.8. The Bertz CT molecular complexity index is 641. The molecule has 0 spiro atoms. The largest absolute Gasteiger partial charge is 0.493 e. The lowest BCUT2D eigenvalue weighted by molar-refractivity contribution is -0.120. The lowest BCUT2D eigenvalue weighted by Crippen LogP contribution is -2.24. The van der Waals surface area contributed by atoms with Crippen LogP contribution in [0.3, 0.4) is 0 Å². The number of hydrogen-bond acceptors (Lipinski definition) is 3. The fraction of sp³-hybridized carbons (Fsp3) is 0.235. The fourth-order valence-electron chi connectivity index (χ4n) is 2.14. The number of halogens is 1. The highest BCUT2D eigenvalue weighted by molar-refractivity contribution is 6.30. The SMILES string of the molecule is COc1cccc(CNC(=O)Cc2ccc(Cl)cc2)c1OC. The molecule has 0 heterocycles. The molecule has 5 heteroatoms. The summed E-state index contributed by atoms with van der Waals surface area (Å²) in [5, 5.41) is 3.54. The van der Waals surface area contributed by atoms with Gasteiger partial charge in [-0.25, -0.2) is 0 Å². The molecule has 0 aliphatic heterocycles. The number of methoxy groups -OCH3 is 2. The number of carbonyl (C=O) groups is 1. The highest BCUT2D eigenvalue weighted by atomic mass is 35.5. The minimum atomic E-state index is -0.0628. The van der Waals surface area contributed by atoms with Crippen molar-refractivity contribution in [1.29, 1.82) is 0 Å². The zero-order valence-electron chi connectivity index (χ0n) is 12.6. The Labute approximate surface area is 135 Å². The van der Waals surface area contributed by atoms with E-state index in [0.717, 1.165) is 11.1 Å². The van der Waals surface area contributed by atoms with E-state index in [4.69, 9.17) is 21.1 Å². The first-order valence-corrected chi connectivity index (χ1v) is 7.23. The third-order valence-corrected chi connectivity index (χ3v) is 3.49. The van der Waals surface area contributed by atoms with E-state index in [1.165, 1.54) is 0 Å². The average Bonchev–Trinajstić information content (AvgIpc) is 2.54. The van der Waals surface area contributed by atoms with Gasteiger partial charge in [0.1, 0.15) is 0 Å². The molecule has 1 amide bonds. The van der Waals surface area contributed by atoms with Gasteiger partial charge < -0.3 is 14.8 Å². The van der Waals surface area contributed by atoms with Crippen LogP contribution in [0.15, 0.2) is 42.5 Å². The van der Waals surface area contributed by atoms with Gasteiger partial charge in [-0.05, 0) is 23.8 Å². The molecule has 1 N–H and O–H groups in total. The van der Waals surface area contributed by atoms with Crippen LogP contribution in [0.4, 0.5) is 0 Å². The van der Waals surface area contributed by atoms with Crippen LogP contribution in [0.2, 0.25) is 5.02 Å². The van der Waals surface area contributed by atoms with Crippen molar-refractivity contribution in [3.63, 3.8) is 0 Å². The van der Waals surface area contributed by atoms with Gasteiger partial charge in [-0.1, -0.05) is 35.9 Å². The molecule has 2 aromatic rings. The van der Waals surface area contributed by atoms with Crippen LogP contribution in [-0.2, 0) is 17.8 Å². The molecule has 4 nitrogen and oxygen atoms in total. The molecule has 0 saturated heterocycles. The molecule has 0 bridgehead atoms. The van der Waals surface area contributed by atoms with E-state index in [1.54, 1.807) is 26.4 Å². The Kier molecular flexibility index (Phi) is 5.67. The van der Waals surface area contributed by atoms with Crippen molar-refractivity contribution >= 4 is 17.5 Å². The minimum absolute atomic E-state index is 0.0628. The van der Waals surface area contributed by atoms with Crippen LogP contribution in [0, 0.1) is 0 Å². The standard InChI is InChI=1S/C17H18ClNO3/c1-21-15-5-3-4-13(17(15)22-2)11-19-16(20)10-12-6-8-14(18)9-7-12/h3-9H,10-11H2,1-2H3,(H,19,20). The van der Waals surface area contributed by atoms with Gasteiger partial charge in [0.2, 0.25) is 5.91 Å². The third-order valence-electron chi connectivity index (χ3n) is 3.24. The molecular weight excluding hydrogens is 302 g/mol. The maximum Gasteiger partial charge on any atom is 0.224 e. The molecule has 2 aromatic carbocycles. The molecule has 0 aromatic heterocycles. The number of benzene rings is 2. The Hall–Kier alpha value is -2.20. The number of nitrogens with one attached hydrogen (secondary N) is 1. The second-order valence-electron chi connectivity index (χ2n) is 4.73. The molecule has 116 valence electrons. The molecule has 0 aliphatic rings. The summed E-state index contributed by atoms with van der Waals surface area (Å²) in [6.45, 7) is 0.382. The zero-order chi connectivity index (χ0) is 15.9. The Morgan fingerprint density at radius 2 is 1.82 bits per heavy atom. The average molecular weight is 320 g/mol. The lowest BCUT2D eigenvalue weighted by Gasteiger charge is -2.13. The van der Waals surface area contributed by atoms with Crippen molar-refractivity contribution in [3.05, 3.63) is 58.6 Å². The van der Waals surface area contributed by atoms with Crippen molar-refractivity contribution in [2.24, 2.45) is 0 Å². The van der Waals surface area contributed by atoms with Crippen LogP contribution in [0.1, 0.15) is 11.1 Å². The van der Waals surface area contributed by atoms with Crippen LogP contribution in [0.5, 0.6) is 11.5 Å². The maximum atomic E-state index is 12.0. The summed E-state index contributed by atoms with van der Waals surface area (Å²) >= 11 is 5.83. The molecule has 0 aliphatic carbocycles. The van der Waals surface area contributed by atoms with Crippen LogP contribution < -0.4 is 14.8 Å². The summed E-state index contributed by atoms with van der Waals surface area (Å²) in [5.41, 5.74) is 1.78. The van der Waals surface area contributed by atoms with E-state index in [9.17, 15) is 4.79 Å². The van der Waals surface area contributed by atoms with Crippen LogP contribution >= 0.6 is 11.6 Å². The molecular formula is C17H18ClNO3. The van der Waals surface area contributed by atoms with E-state index in [2.05, 4.69) is 5.32 Å². The number of ether oxygens (including phenoxy) is 2. The first-order valence-electron chi connectivity index (χ1n) is 6.85. The van der Waals surface area contributed by atoms with Crippen molar-refractivity contribution < 1.29 is 14.3 Å². The monoisotopic (exact) mass is 319 g/mol. The number of hydrogen-bond donors (Lipinski definition) is 1. The number of para-hydroxylation sites is 1. The van der Waals surface area contributed by atoms with E-state index < -0.39 is 0 Å². The fourth-order valence-corrected chi connectivity index (χ4v) is 2.26. The van der Waals surface area contributed by atoms with Crippen LogP contribution in [0.25, 0.3) is 0 Å². The Balaban J connectivity index is 1.98. The van der Waals surface area contributed by atoms with Crippen molar-refractivity contribution in [1.82, 2.24) is 5.32 Å². The van der Waals surface area contributed by atoms with Gasteiger partial charge in [0.15, 0.2) is 11.5 Å². The maximum absolute atomic E-state index is 12.0. The van der Waals surface area contributed by atoms with Crippen molar-refractivity contribution in [3.8, 4) is 11.5 Å². The third kappa shape index (κ3) is 4.15. The van der Waals surface area contributed by atoms with Gasteiger partial charge in [0.25, 0.3) is 0 Å². The van der Waals surface area contributed by atoms with Gasteiger partial charge in [-0.15, -0.1) is 0 Å². The van der Waals surface area contributed by atoms with Gasteiger partial charge in [0.05, 0.1) is 20.6 Å². The molecule has 2 rings (SSSR count). The van der Waals surface area contributed by atoms with Crippen molar-refractivity contribution in [2.75, 3.05) is 14.2 Å². The normalized spacial score (nSPS) is 10.1. The Morgan fingerprint density at radius 3 is 2.45 bits per heavy atom. The van der Waals surface area contributed by atoms with Gasteiger partial charge in [-0.2, -0.15) is 0 Å². The quantitative estimate of drug-likeness (QED) is 0.889. The van der Waals surface area contributed by atoms with E-state index in [-0.39, 0.29) is 5.91 Å². The summed E-state index contributed by atoms with van der Waals surface area (Å²) in [7, 11) is 3.16. The predicted octanol–water partition coefficient (Wildman–Crippen LogP) is 3.22. The Morgan fingerprint density at radius 1 is 1.09 bits per heavy atom. The molecule has 22 heavy (non-hydrogen) atoms. The predicted molar refractivity (Wildman–Crippen MR) is 86.5 cm³/mol. The van der Waals surface area contributed by atoms with E-state index >= 15 is 0 Å². The first-order chi connectivity index (χ1) is 10.6. The van der Waals surface area contributed by atoms with E-state index in [0.29, 0.717) is 29.5 Å². The van der Waals surface area contributed by atoms with Crippen LogP contribution in [-0.4, -0.2) is 20.1 Å². The topological polar surface area (TPSA) is 47.6 Å². The minimum Gasteiger partial charge on any atom is -0.493 e. The number of rotatable bonds is 6. The molecule has 0 saturated carbocycles. The first kappa shape index (κ1) is 16.2. The van der Waals surface area contributed by atoms with Crippen molar-refractivity contribution in [2.45, 2.75) is 13.0 Å². The lowest BCUT2D eigenvalue weighted by atomic mass is 10.1. The molecule has 0 atom stereocenters. The zero-order valence-corrected chi connectivity index (χ0v) is 13.3. The molecule has 0 radical (unpaired) electrons. The van der Waals surface area contributed by atoms with Gasteiger partial charge >= 0.3 is 0 Å². The summed E-state index contributed by atoms with van der Waals surface area (Å²) < 4.78 is 10.6. The van der Waals surface area contributed by atoms with E-state index in [1.807, 2.05) is 30.3 Å². The highest BCUT2D eigenvalue weighted by Gasteiger charge is 2.10. The second-order valence-corrected chi connectivity index (χ2v) is 5.17. The highest BCUT2D eigenvalue weighted by Crippen LogP contribution is 2.30.